The van der Waals surface area contributed by atoms with Gasteiger partial charge >= 0.3 is 0 Å². The zero-order valence-corrected chi connectivity index (χ0v) is 13.9. The van der Waals surface area contributed by atoms with Crippen LogP contribution in [0.4, 0.5) is 5.69 Å². The molecule has 1 fully saturated rings. The SMILES string of the molecule is Cc1cccc(NC(=O)CSC(C)C(=O)N2CCNCC2)c1. The predicted octanol–water partition coefficient (Wildman–Crippen LogP) is 1.49. The number of piperazine rings is 1. The van der Waals surface area contributed by atoms with Crippen LogP contribution in [0, 0.1) is 6.92 Å². The number of thioether (sulfide) groups is 1. The van der Waals surface area contributed by atoms with Crippen molar-refractivity contribution in [2.45, 2.75) is 19.1 Å². The number of anilines is 1. The third-order valence-electron chi connectivity index (χ3n) is 3.54. The average Bonchev–Trinajstić information content (AvgIpc) is 2.52. The first-order valence-electron chi connectivity index (χ1n) is 7.54. The van der Waals surface area contributed by atoms with Gasteiger partial charge in [-0.05, 0) is 31.5 Å². The lowest BCUT2D eigenvalue weighted by Gasteiger charge is -2.29. The summed E-state index contributed by atoms with van der Waals surface area (Å²) in [5.41, 5.74) is 1.90. The molecule has 6 heteroatoms. The minimum Gasteiger partial charge on any atom is -0.339 e. The van der Waals surface area contributed by atoms with E-state index < -0.39 is 0 Å². The standard InChI is InChI=1S/C16H23N3O2S/c1-12-4-3-5-14(10-12)18-15(20)11-22-13(2)16(21)19-8-6-17-7-9-19/h3-5,10,13,17H,6-9,11H2,1-2H3,(H,18,20). The lowest BCUT2D eigenvalue weighted by Crippen LogP contribution is -2.48. The van der Waals surface area contributed by atoms with Gasteiger partial charge in [-0.25, -0.2) is 0 Å². The minimum atomic E-state index is -0.193. The number of benzene rings is 1. The van der Waals surface area contributed by atoms with Crippen LogP contribution in [0.3, 0.4) is 0 Å². The van der Waals surface area contributed by atoms with Crippen LogP contribution in [-0.2, 0) is 9.59 Å². The fourth-order valence-corrected chi connectivity index (χ4v) is 3.10. The molecule has 120 valence electrons. The van der Waals surface area contributed by atoms with Gasteiger partial charge in [0.2, 0.25) is 11.8 Å². The van der Waals surface area contributed by atoms with Gasteiger partial charge in [-0.3, -0.25) is 9.59 Å². The van der Waals surface area contributed by atoms with Gasteiger partial charge in [-0.2, -0.15) is 0 Å². The summed E-state index contributed by atoms with van der Waals surface area (Å²) in [6.45, 7) is 7.04. The van der Waals surface area contributed by atoms with E-state index in [1.54, 1.807) is 0 Å². The van der Waals surface area contributed by atoms with E-state index >= 15 is 0 Å². The maximum atomic E-state index is 12.3. The van der Waals surface area contributed by atoms with Crippen molar-refractivity contribution in [2.75, 3.05) is 37.2 Å². The number of aryl methyl sites for hydroxylation is 1. The summed E-state index contributed by atoms with van der Waals surface area (Å²) in [7, 11) is 0. The van der Waals surface area contributed by atoms with Crippen LogP contribution in [0.5, 0.6) is 0 Å². The Kier molecular flexibility index (Phi) is 6.27. The predicted molar refractivity (Wildman–Crippen MR) is 91.2 cm³/mol. The molecular weight excluding hydrogens is 298 g/mol. The summed E-state index contributed by atoms with van der Waals surface area (Å²) >= 11 is 1.39. The van der Waals surface area contributed by atoms with Gasteiger partial charge in [0, 0.05) is 31.9 Å². The van der Waals surface area contributed by atoms with Crippen molar-refractivity contribution in [3.05, 3.63) is 29.8 Å². The monoisotopic (exact) mass is 321 g/mol. The molecule has 1 unspecified atom stereocenters. The Hall–Kier alpha value is -1.53. The van der Waals surface area contributed by atoms with E-state index in [0.29, 0.717) is 0 Å². The van der Waals surface area contributed by atoms with Crippen molar-refractivity contribution in [2.24, 2.45) is 0 Å². The van der Waals surface area contributed by atoms with E-state index in [9.17, 15) is 9.59 Å². The third kappa shape index (κ3) is 5.03. The molecule has 1 aliphatic rings. The van der Waals surface area contributed by atoms with Crippen molar-refractivity contribution in [1.29, 1.82) is 0 Å². The highest BCUT2D eigenvalue weighted by molar-refractivity contribution is 8.01. The Morgan fingerprint density at radius 1 is 1.36 bits per heavy atom. The molecule has 5 nitrogen and oxygen atoms in total. The largest absolute Gasteiger partial charge is 0.339 e. The molecule has 2 amide bonds. The molecule has 1 aromatic carbocycles. The Labute approximate surface area is 135 Å². The second-order valence-electron chi connectivity index (χ2n) is 5.45. The van der Waals surface area contributed by atoms with Crippen LogP contribution >= 0.6 is 11.8 Å². The van der Waals surface area contributed by atoms with Crippen LogP contribution in [0.2, 0.25) is 0 Å². The Bertz CT molecular complexity index is 530. The molecule has 0 aromatic heterocycles. The Morgan fingerprint density at radius 2 is 2.09 bits per heavy atom. The van der Waals surface area contributed by atoms with E-state index in [4.69, 9.17) is 0 Å². The van der Waals surface area contributed by atoms with Crippen molar-refractivity contribution >= 4 is 29.3 Å². The molecule has 22 heavy (non-hydrogen) atoms. The highest BCUT2D eigenvalue weighted by atomic mass is 32.2. The van der Waals surface area contributed by atoms with E-state index in [-0.39, 0.29) is 22.8 Å². The third-order valence-corrected chi connectivity index (χ3v) is 4.67. The van der Waals surface area contributed by atoms with E-state index in [0.717, 1.165) is 37.4 Å². The zero-order chi connectivity index (χ0) is 15.9. The fourth-order valence-electron chi connectivity index (χ4n) is 2.33. The van der Waals surface area contributed by atoms with Crippen molar-refractivity contribution in [1.82, 2.24) is 10.2 Å². The second kappa shape index (κ2) is 8.19. The van der Waals surface area contributed by atoms with Crippen LogP contribution in [0.25, 0.3) is 0 Å². The number of nitrogens with zero attached hydrogens (tertiary/aromatic N) is 1. The van der Waals surface area contributed by atoms with Crippen LogP contribution in [-0.4, -0.2) is 53.9 Å². The lowest BCUT2D eigenvalue weighted by molar-refractivity contribution is -0.130. The fraction of sp³-hybridized carbons (Fsp3) is 0.500. The Balaban J connectivity index is 1.76. The summed E-state index contributed by atoms with van der Waals surface area (Å²) in [5, 5.41) is 5.89. The van der Waals surface area contributed by atoms with E-state index in [1.165, 1.54) is 11.8 Å². The highest BCUT2D eigenvalue weighted by Crippen LogP contribution is 2.15. The maximum absolute atomic E-state index is 12.3. The topological polar surface area (TPSA) is 61.4 Å². The number of nitrogens with one attached hydrogen (secondary N) is 2. The molecule has 1 heterocycles. The summed E-state index contributed by atoms with van der Waals surface area (Å²) in [6, 6.07) is 7.69. The van der Waals surface area contributed by atoms with Crippen LogP contribution < -0.4 is 10.6 Å². The summed E-state index contributed by atoms with van der Waals surface area (Å²) in [4.78, 5) is 26.1. The van der Waals surface area contributed by atoms with Crippen LogP contribution in [0.15, 0.2) is 24.3 Å². The molecule has 0 bridgehead atoms. The van der Waals surface area contributed by atoms with Gasteiger partial charge in [0.1, 0.15) is 0 Å². The summed E-state index contributed by atoms with van der Waals surface area (Å²) in [6.07, 6.45) is 0. The second-order valence-corrected chi connectivity index (χ2v) is 6.78. The molecular formula is C16H23N3O2S. The summed E-state index contributed by atoms with van der Waals surface area (Å²) < 4.78 is 0. The van der Waals surface area contributed by atoms with Gasteiger partial charge in [-0.15, -0.1) is 11.8 Å². The molecule has 2 rings (SSSR count). The number of carbonyl (C=O) groups is 2. The molecule has 1 aliphatic heterocycles. The lowest BCUT2D eigenvalue weighted by atomic mass is 10.2. The number of carbonyl (C=O) groups excluding carboxylic acids is 2. The van der Waals surface area contributed by atoms with E-state index in [2.05, 4.69) is 10.6 Å². The number of hydrogen-bond acceptors (Lipinski definition) is 4. The normalized spacial score (nSPS) is 16.2. The highest BCUT2D eigenvalue weighted by Gasteiger charge is 2.22. The first-order chi connectivity index (χ1) is 10.6. The van der Waals surface area contributed by atoms with Crippen molar-refractivity contribution < 1.29 is 9.59 Å². The first kappa shape index (κ1) is 16.8. The molecule has 1 saturated heterocycles. The smallest absolute Gasteiger partial charge is 0.235 e. The molecule has 0 radical (unpaired) electrons. The molecule has 0 spiro atoms. The molecule has 0 saturated carbocycles. The number of hydrogen-bond donors (Lipinski definition) is 2. The van der Waals surface area contributed by atoms with E-state index in [1.807, 2.05) is 43.0 Å². The van der Waals surface area contributed by atoms with Gasteiger partial charge in [0.05, 0.1) is 11.0 Å². The Morgan fingerprint density at radius 3 is 2.77 bits per heavy atom. The van der Waals surface area contributed by atoms with Crippen LogP contribution in [0.1, 0.15) is 12.5 Å². The van der Waals surface area contributed by atoms with Gasteiger partial charge < -0.3 is 15.5 Å². The maximum Gasteiger partial charge on any atom is 0.235 e. The minimum absolute atomic E-state index is 0.0736. The first-order valence-corrected chi connectivity index (χ1v) is 8.59. The van der Waals surface area contributed by atoms with Crippen molar-refractivity contribution in [3.63, 3.8) is 0 Å². The van der Waals surface area contributed by atoms with Gasteiger partial charge in [-0.1, -0.05) is 12.1 Å². The molecule has 1 atom stereocenters. The van der Waals surface area contributed by atoms with Crippen molar-refractivity contribution in [3.8, 4) is 0 Å². The molecule has 1 aromatic rings. The zero-order valence-electron chi connectivity index (χ0n) is 13.1. The number of rotatable bonds is 5. The molecule has 2 N–H and O–H groups in total. The summed E-state index contributed by atoms with van der Waals surface area (Å²) in [5.74, 6) is 0.331. The van der Waals surface area contributed by atoms with Gasteiger partial charge in [0.25, 0.3) is 0 Å². The molecule has 0 aliphatic carbocycles. The average molecular weight is 321 g/mol. The quantitative estimate of drug-likeness (QED) is 0.862. The number of amides is 2. The van der Waals surface area contributed by atoms with Gasteiger partial charge in [0.15, 0.2) is 0 Å².